The van der Waals surface area contributed by atoms with E-state index < -0.39 is 0 Å². The molecule has 2 rings (SSSR count). The number of benzene rings is 1. The predicted octanol–water partition coefficient (Wildman–Crippen LogP) is 2.29. The Balaban J connectivity index is 2.21. The molecule has 0 spiro atoms. The number of nitrogens with zero attached hydrogens (tertiary/aromatic N) is 1. The van der Waals surface area contributed by atoms with Crippen molar-refractivity contribution in [3.63, 3.8) is 0 Å². The van der Waals surface area contributed by atoms with Crippen LogP contribution in [-0.4, -0.2) is 17.9 Å². The molecule has 1 heterocycles. The number of hydrogen-bond acceptors (Lipinski definition) is 3. The van der Waals surface area contributed by atoms with Gasteiger partial charge >= 0.3 is 0 Å². The van der Waals surface area contributed by atoms with E-state index in [1.54, 1.807) is 0 Å². The first-order valence-electron chi connectivity index (χ1n) is 4.84. The fourth-order valence-electron chi connectivity index (χ4n) is 1.52. The van der Waals surface area contributed by atoms with E-state index in [-0.39, 0.29) is 5.60 Å². The van der Waals surface area contributed by atoms with Crippen LogP contribution in [0.2, 0.25) is 0 Å². The van der Waals surface area contributed by atoms with Crippen molar-refractivity contribution in [3.05, 3.63) is 34.3 Å². The second-order valence-corrected chi connectivity index (χ2v) is 4.89. The molecule has 0 radical (unpaired) electrons. The van der Waals surface area contributed by atoms with Crippen LogP contribution >= 0.6 is 15.9 Å². The molecule has 0 aliphatic carbocycles. The molecule has 0 saturated carbocycles. The zero-order valence-corrected chi connectivity index (χ0v) is 10.1. The summed E-state index contributed by atoms with van der Waals surface area (Å²) < 4.78 is 1.05. The Kier molecular flexibility index (Phi) is 2.80. The van der Waals surface area contributed by atoms with Gasteiger partial charge in [-0.25, -0.2) is 0 Å². The van der Waals surface area contributed by atoms with Gasteiger partial charge in [0.2, 0.25) is 0 Å². The SMILES string of the molecule is CC1(CN)CC(c2cccc(Br)c2)=NO1. The van der Waals surface area contributed by atoms with Crippen LogP contribution in [0.5, 0.6) is 0 Å². The van der Waals surface area contributed by atoms with Gasteiger partial charge in [0.25, 0.3) is 0 Å². The molecule has 3 nitrogen and oxygen atoms in total. The third-order valence-electron chi connectivity index (χ3n) is 2.51. The van der Waals surface area contributed by atoms with E-state index in [1.807, 2.05) is 31.2 Å². The molecule has 0 fully saturated rings. The van der Waals surface area contributed by atoms with Crippen LogP contribution in [0.25, 0.3) is 0 Å². The van der Waals surface area contributed by atoms with Gasteiger partial charge in [-0.3, -0.25) is 0 Å². The summed E-state index contributed by atoms with van der Waals surface area (Å²) >= 11 is 3.43. The molecule has 1 aromatic carbocycles. The zero-order valence-electron chi connectivity index (χ0n) is 8.53. The topological polar surface area (TPSA) is 47.6 Å². The Bertz CT molecular complexity index is 405. The quantitative estimate of drug-likeness (QED) is 0.895. The highest BCUT2D eigenvalue weighted by molar-refractivity contribution is 9.10. The minimum Gasteiger partial charge on any atom is -0.387 e. The largest absolute Gasteiger partial charge is 0.387 e. The number of halogens is 1. The molecule has 80 valence electrons. The van der Waals surface area contributed by atoms with Gasteiger partial charge in [-0.05, 0) is 19.1 Å². The molecule has 0 aromatic heterocycles. The first kappa shape index (κ1) is 10.6. The smallest absolute Gasteiger partial charge is 0.152 e. The Morgan fingerprint density at radius 3 is 3.00 bits per heavy atom. The van der Waals surface area contributed by atoms with Crippen LogP contribution in [0.4, 0.5) is 0 Å². The summed E-state index contributed by atoms with van der Waals surface area (Å²) in [7, 11) is 0. The molecule has 2 N–H and O–H groups in total. The fraction of sp³-hybridized carbons (Fsp3) is 0.364. The van der Waals surface area contributed by atoms with Gasteiger partial charge in [0.15, 0.2) is 5.60 Å². The summed E-state index contributed by atoms with van der Waals surface area (Å²) in [5, 5.41) is 4.09. The van der Waals surface area contributed by atoms with Crippen molar-refractivity contribution >= 4 is 21.6 Å². The molecular weight excluding hydrogens is 256 g/mol. The molecule has 4 heteroatoms. The van der Waals surface area contributed by atoms with Crippen molar-refractivity contribution < 1.29 is 4.84 Å². The van der Waals surface area contributed by atoms with Gasteiger partial charge in [-0.15, -0.1) is 0 Å². The molecule has 15 heavy (non-hydrogen) atoms. The third-order valence-corrected chi connectivity index (χ3v) is 3.00. The van der Waals surface area contributed by atoms with Gasteiger partial charge in [0.05, 0.1) is 5.71 Å². The summed E-state index contributed by atoms with van der Waals surface area (Å²) in [6, 6.07) is 8.03. The number of rotatable bonds is 2. The first-order chi connectivity index (χ1) is 7.13. The second-order valence-electron chi connectivity index (χ2n) is 3.97. The van der Waals surface area contributed by atoms with Crippen molar-refractivity contribution in [3.8, 4) is 0 Å². The average molecular weight is 269 g/mol. The fourth-order valence-corrected chi connectivity index (χ4v) is 1.92. The Labute approximate surface area is 97.4 Å². The lowest BCUT2D eigenvalue weighted by Gasteiger charge is -2.17. The van der Waals surface area contributed by atoms with Gasteiger partial charge < -0.3 is 10.6 Å². The van der Waals surface area contributed by atoms with Gasteiger partial charge in [-0.2, -0.15) is 0 Å². The molecule has 1 atom stereocenters. The average Bonchev–Trinajstić information content (AvgIpc) is 2.62. The third kappa shape index (κ3) is 2.21. The van der Waals surface area contributed by atoms with Gasteiger partial charge in [0.1, 0.15) is 0 Å². The van der Waals surface area contributed by atoms with Crippen LogP contribution in [-0.2, 0) is 4.84 Å². The van der Waals surface area contributed by atoms with E-state index in [4.69, 9.17) is 10.6 Å². The number of oxime groups is 1. The Morgan fingerprint density at radius 2 is 2.40 bits per heavy atom. The molecule has 0 amide bonds. The van der Waals surface area contributed by atoms with Crippen LogP contribution in [0, 0.1) is 0 Å². The van der Waals surface area contributed by atoms with Gasteiger partial charge in [0, 0.05) is 23.0 Å². The lowest BCUT2D eigenvalue weighted by Crippen LogP contribution is -2.34. The normalized spacial score (nSPS) is 24.9. The summed E-state index contributed by atoms with van der Waals surface area (Å²) in [6.07, 6.45) is 0.764. The summed E-state index contributed by atoms with van der Waals surface area (Å²) in [5.41, 5.74) is 7.34. The second kappa shape index (κ2) is 3.94. The van der Waals surface area contributed by atoms with Crippen molar-refractivity contribution in [2.45, 2.75) is 18.9 Å². The predicted molar refractivity (Wildman–Crippen MR) is 63.8 cm³/mol. The minimum atomic E-state index is -0.336. The van der Waals surface area contributed by atoms with Crippen molar-refractivity contribution in [2.24, 2.45) is 10.9 Å². The molecular formula is C11H13BrN2O. The Hall–Kier alpha value is -0.870. The summed E-state index contributed by atoms with van der Waals surface area (Å²) in [4.78, 5) is 5.34. The number of nitrogens with two attached hydrogens (primary N) is 1. The monoisotopic (exact) mass is 268 g/mol. The lowest BCUT2D eigenvalue weighted by molar-refractivity contribution is 0.00422. The highest BCUT2D eigenvalue weighted by Crippen LogP contribution is 2.26. The van der Waals surface area contributed by atoms with E-state index >= 15 is 0 Å². The van der Waals surface area contributed by atoms with Crippen LogP contribution in [0.1, 0.15) is 18.9 Å². The highest BCUT2D eigenvalue weighted by Gasteiger charge is 2.33. The molecule has 1 aliphatic heterocycles. The van der Waals surface area contributed by atoms with E-state index in [9.17, 15) is 0 Å². The van der Waals surface area contributed by atoms with E-state index in [0.29, 0.717) is 6.54 Å². The van der Waals surface area contributed by atoms with Crippen molar-refractivity contribution in [1.29, 1.82) is 0 Å². The molecule has 1 unspecified atom stereocenters. The Morgan fingerprint density at radius 1 is 1.60 bits per heavy atom. The zero-order chi connectivity index (χ0) is 10.9. The maximum atomic E-state index is 5.63. The van der Waals surface area contributed by atoms with E-state index in [2.05, 4.69) is 21.1 Å². The van der Waals surface area contributed by atoms with E-state index in [1.165, 1.54) is 0 Å². The highest BCUT2D eigenvalue weighted by atomic mass is 79.9. The standard InChI is InChI=1S/C11H13BrN2O/c1-11(7-13)6-10(14-15-11)8-3-2-4-9(12)5-8/h2-5H,6-7,13H2,1H3. The van der Waals surface area contributed by atoms with Crippen LogP contribution in [0.15, 0.2) is 33.9 Å². The lowest BCUT2D eigenvalue weighted by atomic mass is 9.96. The van der Waals surface area contributed by atoms with Gasteiger partial charge in [-0.1, -0.05) is 33.2 Å². The first-order valence-corrected chi connectivity index (χ1v) is 5.63. The molecule has 1 aromatic rings. The van der Waals surface area contributed by atoms with Crippen LogP contribution in [0.3, 0.4) is 0 Å². The maximum Gasteiger partial charge on any atom is 0.152 e. The summed E-state index contributed by atoms with van der Waals surface area (Å²) in [6.45, 7) is 2.45. The maximum absolute atomic E-state index is 5.63. The van der Waals surface area contributed by atoms with Crippen molar-refractivity contribution in [1.82, 2.24) is 0 Å². The minimum absolute atomic E-state index is 0.336. The number of hydrogen-bond donors (Lipinski definition) is 1. The molecule has 1 aliphatic rings. The van der Waals surface area contributed by atoms with E-state index in [0.717, 1.165) is 22.2 Å². The van der Waals surface area contributed by atoms with Crippen LogP contribution < -0.4 is 5.73 Å². The summed E-state index contributed by atoms with van der Waals surface area (Å²) in [5.74, 6) is 0. The molecule has 0 saturated heterocycles. The molecule has 0 bridgehead atoms. The van der Waals surface area contributed by atoms with Crippen molar-refractivity contribution in [2.75, 3.05) is 6.54 Å².